The minimum Gasteiger partial charge on any atom is -0.423 e. The molecular formula is C23H30ClN7O4. The number of nitrogens with two attached hydrogens (primary N) is 2. The standard InChI is InChI=1S/C23H29N7O4.ClH/c1-11-4-20(33)34-19-8-15(2-3-16(11)19)26-22-27-21(12-5-17(31)18(32)6-12)28-23(29-22)30-9-13(24)7-14(25)10-30;/h2-4,8,12-14,17-18,31-32H,5-7,9-10,24-25H2,1H3,(H,26,27,28,29);1H/t12?,13-,14+,17-,18+;. The summed E-state index contributed by atoms with van der Waals surface area (Å²) < 4.78 is 5.35. The van der Waals surface area contributed by atoms with Gasteiger partial charge in [0.25, 0.3) is 0 Å². The van der Waals surface area contributed by atoms with Gasteiger partial charge in [0.05, 0.1) is 12.2 Å². The first-order chi connectivity index (χ1) is 16.2. The molecule has 3 heterocycles. The molecule has 2 aliphatic rings. The molecule has 5 rings (SSSR count). The fourth-order valence-corrected chi connectivity index (χ4v) is 4.84. The topological polar surface area (TPSA) is 177 Å². The molecule has 2 aromatic heterocycles. The number of anilines is 3. The molecule has 1 aromatic carbocycles. The van der Waals surface area contributed by atoms with Crippen LogP contribution in [0.25, 0.3) is 11.0 Å². The van der Waals surface area contributed by atoms with E-state index in [1.54, 1.807) is 6.07 Å². The molecule has 1 saturated heterocycles. The lowest BCUT2D eigenvalue weighted by atomic mass is 10.0. The van der Waals surface area contributed by atoms with Gasteiger partial charge in [-0.1, -0.05) is 0 Å². The average molecular weight is 504 g/mol. The van der Waals surface area contributed by atoms with E-state index in [0.717, 1.165) is 17.4 Å². The first-order valence-corrected chi connectivity index (χ1v) is 11.4. The number of hydrogen-bond donors (Lipinski definition) is 5. The van der Waals surface area contributed by atoms with Crippen molar-refractivity contribution in [1.82, 2.24) is 15.0 Å². The van der Waals surface area contributed by atoms with Gasteiger partial charge in [0.15, 0.2) is 0 Å². The van der Waals surface area contributed by atoms with Crippen LogP contribution in [0.4, 0.5) is 17.6 Å². The largest absolute Gasteiger partial charge is 0.423 e. The summed E-state index contributed by atoms with van der Waals surface area (Å²) in [6.07, 6.45) is -0.176. The van der Waals surface area contributed by atoms with Crippen molar-refractivity contribution in [3.05, 3.63) is 46.1 Å². The lowest BCUT2D eigenvalue weighted by molar-refractivity contribution is 0.0438. The number of rotatable bonds is 4. The number of halogens is 1. The van der Waals surface area contributed by atoms with Crippen LogP contribution in [-0.2, 0) is 0 Å². The Kier molecular flexibility index (Phi) is 7.25. The molecule has 2 fully saturated rings. The van der Waals surface area contributed by atoms with E-state index in [0.29, 0.717) is 54.9 Å². The Morgan fingerprint density at radius 2 is 1.71 bits per heavy atom. The Morgan fingerprint density at radius 3 is 2.40 bits per heavy atom. The molecule has 1 aliphatic carbocycles. The van der Waals surface area contributed by atoms with Crippen LogP contribution < -0.4 is 27.3 Å². The summed E-state index contributed by atoms with van der Waals surface area (Å²) >= 11 is 0. The number of aliphatic hydroxyl groups is 2. The van der Waals surface area contributed by atoms with Crippen molar-refractivity contribution in [3.8, 4) is 0 Å². The van der Waals surface area contributed by atoms with Crippen LogP contribution in [0.2, 0.25) is 0 Å². The number of nitrogens with one attached hydrogen (secondary N) is 1. The molecule has 0 amide bonds. The number of nitrogens with zero attached hydrogens (tertiary/aromatic N) is 4. The van der Waals surface area contributed by atoms with Crippen LogP contribution >= 0.6 is 12.4 Å². The number of fused-ring (bicyclic) bond motifs is 1. The fraction of sp³-hybridized carbons (Fsp3) is 0.478. The number of benzene rings is 1. The molecule has 35 heavy (non-hydrogen) atoms. The summed E-state index contributed by atoms with van der Waals surface area (Å²) in [5.74, 6) is 1.02. The number of piperidine rings is 1. The normalized spacial score (nSPS) is 26.5. The average Bonchev–Trinajstić information content (AvgIpc) is 3.11. The van der Waals surface area contributed by atoms with Gasteiger partial charge in [-0.25, -0.2) is 4.79 Å². The van der Waals surface area contributed by atoms with E-state index in [4.69, 9.17) is 15.9 Å². The van der Waals surface area contributed by atoms with Gasteiger partial charge in [-0.05, 0) is 43.9 Å². The van der Waals surface area contributed by atoms with Gasteiger partial charge >= 0.3 is 5.63 Å². The highest BCUT2D eigenvalue weighted by Crippen LogP contribution is 2.34. The molecule has 0 spiro atoms. The molecule has 0 radical (unpaired) electrons. The molecule has 0 bridgehead atoms. The van der Waals surface area contributed by atoms with Crippen LogP contribution in [0.3, 0.4) is 0 Å². The first kappa shape index (κ1) is 25.3. The number of hydrogen-bond acceptors (Lipinski definition) is 11. The number of aryl methyl sites for hydroxylation is 1. The Bertz CT molecular complexity index is 1250. The summed E-state index contributed by atoms with van der Waals surface area (Å²) in [5.41, 5.74) is 13.9. The summed E-state index contributed by atoms with van der Waals surface area (Å²) in [7, 11) is 0. The molecular weight excluding hydrogens is 474 g/mol. The molecule has 11 nitrogen and oxygen atoms in total. The second-order valence-corrected chi connectivity index (χ2v) is 9.37. The van der Waals surface area contributed by atoms with Crippen molar-refractivity contribution in [2.24, 2.45) is 11.5 Å². The number of aliphatic hydroxyl groups excluding tert-OH is 2. The maximum atomic E-state index is 11.8. The molecule has 7 N–H and O–H groups in total. The van der Waals surface area contributed by atoms with Gasteiger partial charge in [-0.3, -0.25) is 0 Å². The first-order valence-electron chi connectivity index (χ1n) is 11.4. The minimum atomic E-state index is -0.815. The van der Waals surface area contributed by atoms with Crippen LogP contribution in [0.5, 0.6) is 0 Å². The summed E-state index contributed by atoms with van der Waals surface area (Å²) in [6, 6.07) is 6.71. The molecule has 12 heteroatoms. The van der Waals surface area contributed by atoms with E-state index in [1.165, 1.54) is 6.07 Å². The third-order valence-corrected chi connectivity index (χ3v) is 6.51. The van der Waals surface area contributed by atoms with Crippen LogP contribution in [0.15, 0.2) is 33.5 Å². The van der Waals surface area contributed by atoms with Crippen molar-refractivity contribution in [1.29, 1.82) is 0 Å². The van der Waals surface area contributed by atoms with Gasteiger partial charge in [0.1, 0.15) is 11.4 Å². The zero-order chi connectivity index (χ0) is 24.0. The van der Waals surface area contributed by atoms with Crippen molar-refractivity contribution < 1.29 is 14.6 Å². The van der Waals surface area contributed by atoms with Crippen LogP contribution in [0.1, 0.15) is 36.6 Å². The quantitative estimate of drug-likeness (QED) is 0.320. The molecule has 188 valence electrons. The van der Waals surface area contributed by atoms with E-state index in [1.807, 2.05) is 24.0 Å². The second kappa shape index (κ2) is 10.0. The van der Waals surface area contributed by atoms with Crippen molar-refractivity contribution in [3.63, 3.8) is 0 Å². The third kappa shape index (κ3) is 5.39. The summed E-state index contributed by atoms with van der Waals surface area (Å²) in [6.45, 7) is 2.98. The minimum absolute atomic E-state index is 0. The van der Waals surface area contributed by atoms with Gasteiger partial charge in [0, 0.05) is 54.3 Å². The maximum Gasteiger partial charge on any atom is 0.336 e. The lowest BCUT2D eigenvalue weighted by Gasteiger charge is -2.34. The number of aromatic nitrogens is 3. The van der Waals surface area contributed by atoms with E-state index in [9.17, 15) is 15.0 Å². The van der Waals surface area contributed by atoms with Crippen LogP contribution in [-0.4, -0.2) is 62.5 Å². The lowest BCUT2D eigenvalue weighted by Crippen LogP contribution is -2.53. The predicted molar refractivity (Wildman–Crippen MR) is 134 cm³/mol. The molecule has 1 aliphatic heterocycles. The monoisotopic (exact) mass is 503 g/mol. The Labute approximate surface area is 208 Å². The van der Waals surface area contributed by atoms with E-state index in [2.05, 4.69) is 20.3 Å². The third-order valence-electron chi connectivity index (χ3n) is 6.51. The van der Waals surface area contributed by atoms with E-state index >= 15 is 0 Å². The van der Waals surface area contributed by atoms with Gasteiger partial charge in [-0.15, -0.1) is 12.4 Å². The van der Waals surface area contributed by atoms with Gasteiger partial charge in [-0.2, -0.15) is 15.0 Å². The Morgan fingerprint density at radius 1 is 1.03 bits per heavy atom. The molecule has 1 saturated carbocycles. The molecule has 3 aromatic rings. The van der Waals surface area contributed by atoms with Gasteiger partial charge in [0.2, 0.25) is 11.9 Å². The summed E-state index contributed by atoms with van der Waals surface area (Å²) in [4.78, 5) is 27.6. The zero-order valence-electron chi connectivity index (χ0n) is 19.3. The maximum absolute atomic E-state index is 11.8. The van der Waals surface area contributed by atoms with Gasteiger partial charge < -0.3 is 36.3 Å². The van der Waals surface area contributed by atoms with E-state index in [-0.39, 0.29) is 30.4 Å². The van der Waals surface area contributed by atoms with Crippen molar-refractivity contribution >= 4 is 41.0 Å². The zero-order valence-corrected chi connectivity index (χ0v) is 20.1. The van der Waals surface area contributed by atoms with Crippen molar-refractivity contribution in [2.45, 2.75) is 56.4 Å². The fourth-order valence-electron chi connectivity index (χ4n) is 4.84. The van der Waals surface area contributed by atoms with E-state index < -0.39 is 17.8 Å². The highest BCUT2D eigenvalue weighted by molar-refractivity contribution is 5.85. The predicted octanol–water partition coefficient (Wildman–Crippen LogP) is 0.916. The highest BCUT2D eigenvalue weighted by atomic mass is 35.5. The Hall–Kier alpha value is -2.83. The molecule has 1 unspecified atom stereocenters. The van der Waals surface area contributed by atoms with Crippen LogP contribution in [0, 0.1) is 6.92 Å². The highest BCUT2D eigenvalue weighted by Gasteiger charge is 2.35. The second-order valence-electron chi connectivity index (χ2n) is 9.37. The molecule has 5 atom stereocenters. The summed E-state index contributed by atoms with van der Waals surface area (Å²) in [5, 5.41) is 24.1. The SMILES string of the molecule is Cc1cc(=O)oc2cc(Nc3nc(C4C[C@@H](O)[C@@H](O)C4)nc(N4C[C@H](N)C[C@H](N)C4)n3)ccc12.Cl. The van der Waals surface area contributed by atoms with Crippen molar-refractivity contribution in [2.75, 3.05) is 23.3 Å². The smallest absolute Gasteiger partial charge is 0.336 e. The Balaban J connectivity index is 0.00000289.